The zero-order valence-corrected chi connectivity index (χ0v) is 12.1. The number of hydrogen-bond donors (Lipinski definition) is 2. The molecule has 0 bridgehead atoms. The molecule has 122 valence electrons. The van der Waals surface area contributed by atoms with E-state index in [2.05, 4.69) is 10.1 Å². The third-order valence-corrected chi connectivity index (χ3v) is 2.83. The molecule has 1 atom stereocenters. The highest BCUT2D eigenvalue weighted by Gasteiger charge is 2.30. The van der Waals surface area contributed by atoms with E-state index >= 15 is 0 Å². The van der Waals surface area contributed by atoms with Crippen LogP contribution in [0.15, 0.2) is 24.3 Å². The number of carbonyl (C=O) groups excluding carboxylic acids is 2. The van der Waals surface area contributed by atoms with Gasteiger partial charge in [-0.3, -0.25) is 0 Å². The molecule has 0 fully saturated rings. The van der Waals surface area contributed by atoms with Crippen molar-refractivity contribution in [2.45, 2.75) is 26.1 Å². The van der Waals surface area contributed by atoms with Gasteiger partial charge in [-0.1, -0.05) is 19.9 Å². The fourth-order valence-electron chi connectivity index (χ4n) is 1.47. The average Bonchev–Trinajstić information content (AvgIpc) is 2.43. The summed E-state index contributed by atoms with van der Waals surface area (Å²) in [4.78, 5) is 22.9. The second kappa shape index (κ2) is 7.26. The van der Waals surface area contributed by atoms with E-state index in [-0.39, 0.29) is 11.6 Å². The maximum atomic E-state index is 12.5. The Balaban J connectivity index is 2.56. The van der Waals surface area contributed by atoms with Gasteiger partial charge in [0.1, 0.15) is 12.6 Å². The van der Waals surface area contributed by atoms with Crippen LogP contribution in [0.2, 0.25) is 0 Å². The predicted octanol–water partition coefficient (Wildman–Crippen LogP) is 2.17. The second-order valence-corrected chi connectivity index (χ2v) is 5.00. The molecule has 0 radical (unpaired) electrons. The molecule has 5 nitrogen and oxygen atoms in total. The highest BCUT2D eigenvalue weighted by molar-refractivity contribution is 5.90. The van der Waals surface area contributed by atoms with Gasteiger partial charge in [-0.25, -0.2) is 9.59 Å². The lowest BCUT2D eigenvalue weighted by Crippen LogP contribution is -2.39. The molecule has 0 saturated carbocycles. The average molecular weight is 318 g/mol. The highest BCUT2D eigenvalue weighted by atomic mass is 19.4. The topological polar surface area (TPSA) is 81.4 Å². The molecule has 0 spiro atoms. The number of benzene rings is 1. The van der Waals surface area contributed by atoms with Crippen LogP contribution in [0.1, 0.15) is 19.4 Å². The first kappa shape index (κ1) is 18.0. The van der Waals surface area contributed by atoms with Crippen LogP contribution < -0.4 is 11.1 Å². The number of anilines is 1. The Labute approximate surface area is 125 Å². The molecule has 0 aliphatic carbocycles. The first-order valence-corrected chi connectivity index (χ1v) is 6.52. The third-order valence-electron chi connectivity index (χ3n) is 2.83. The van der Waals surface area contributed by atoms with E-state index in [1.165, 1.54) is 12.1 Å². The van der Waals surface area contributed by atoms with Crippen LogP contribution in [0.5, 0.6) is 0 Å². The van der Waals surface area contributed by atoms with Crippen LogP contribution >= 0.6 is 0 Å². The fraction of sp³-hybridized carbons (Fsp3) is 0.429. The van der Waals surface area contributed by atoms with Crippen molar-refractivity contribution in [3.63, 3.8) is 0 Å². The summed E-state index contributed by atoms with van der Waals surface area (Å²) in [6.45, 7) is 2.94. The Morgan fingerprint density at radius 2 is 1.95 bits per heavy atom. The Morgan fingerprint density at radius 3 is 2.50 bits per heavy atom. The number of ether oxygens (including phenoxy) is 1. The maximum absolute atomic E-state index is 12.5. The molecule has 0 aliphatic heterocycles. The minimum absolute atomic E-state index is 0.0902. The van der Waals surface area contributed by atoms with Crippen LogP contribution in [0.3, 0.4) is 0 Å². The lowest BCUT2D eigenvalue weighted by Gasteiger charge is -2.14. The normalized spacial score (nSPS) is 12.9. The van der Waals surface area contributed by atoms with Crippen molar-refractivity contribution in [1.29, 1.82) is 0 Å². The molecular weight excluding hydrogens is 301 g/mol. The summed E-state index contributed by atoms with van der Waals surface area (Å²) in [6.07, 6.45) is -4.47. The number of nitrogens with two attached hydrogens (primary N) is 1. The molecule has 0 unspecified atom stereocenters. The van der Waals surface area contributed by atoms with Gasteiger partial charge in [0, 0.05) is 5.69 Å². The summed E-state index contributed by atoms with van der Waals surface area (Å²) < 4.78 is 42.1. The van der Waals surface area contributed by atoms with Crippen molar-refractivity contribution in [2.24, 2.45) is 11.7 Å². The van der Waals surface area contributed by atoms with Crippen molar-refractivity contribution in [1.82, 2.24) is 0 Å². The van der Waals surface area contributed by atoms with Gasteiger partial charge < -0.3 is 15.8 Å². The summed E-state index contributed by atoms with van der Waals surface area (Å²) >= 11 is 0. The van der Waals surface area contributed by atoms with Gasteiger partial charge in [0.15, 0.2) is 0 Å². The molecule has 0 aromatic heterocycles. The maximum Gasteiger partial charge on any atom is 0.416 e. The van der Waals surface area contributed by atoms with Crippen molar-refractivity contribution >= 4 is 17.6 Å². The number of carbonyl (C=O) groups is 2. The summed E-state index contributed by atoms with van der Waals surface area (Å²) in [5.74, 6) is -1.99. The van der Waals surface area contributed by atoms with Crippen LogP contribution in [0.4, 0.5) is 18.9 Å². The second-order valence-electron chi connectivity index (χ2n) is 5.00. The summed E-state index contributed by atoms with van der Waals surface area (Å²) in [5, 5.41) is 2.46. The van der Waals surface area contributed by atoms with Crippen LogP contribution in [-0.4, -0.2) is 24.5 Å². The number of nitrogens with one attached hydrogen (secondary N) is 1. The van der Waals surface area contributed by atoms with E-state index in [0.717, 1.165) is 12.1 Å². The molecule has 8 heteroatoms. The van der Waals surface area contributed by atoms with Crippen molar-refractivity contribution in [2.75, 3.05) is 11.9 Å². The summed E-state index contributed by atoms with van der Waals surface area (Å²) in [5.41, 5.74) is 4.76. The molecular formula is C14H17F3N2O3. The predicted molar refractivity (Wildman–Crippen MR) is 73.8 cm³/mol. The van der Waals surface area contributed by atoms with Crippen LogP contribution in [-0.2, 0) is 20.5 Å². The smallest absolute Gasteiger partial charge is 0.391 e. The minimum atomic E-state index is -4.47. The summed E-state index contributed by atoms with van der Waals surface area (Å²) in [6, 6.07) is 3.40. The number of esters is 2. The van der Waals surface area contributed by atoms with Crippen molar-refractivity contribution in [3.8, 4) is 0 Å². The Kier molecular flexibility index (Phi) is 5.92. The Morgan fingerprint density at radius 1 is 1.32 bits per heavy atom. The number of halogens is 3. The molecule has 1 rings (SSSR count). The molecule has 0 heterocycles. The summed E-state index contributed by atoms with van der Waals surface area (Å²) in [7, 11) is 0. The van der Waals surface area contributed by atoms with Gasteiger partial charge in [-0.05, 0) is 24.1 Å². The third kappa shape index (κ3) is 5.36. The lowest BCUT2D eigenvalue weighted by molar-refractivity contribution is -0.160. The zero-order chi connectivity index (χ0) is 16.9. The van der Waals surface area contributed by atoms with Crippen LogP contribution in [0, 0.1) is 5.92 Å². The number of alkyl halides is 3. The van der Waals surface area contributed by atoms with E-state index in [9.17, 15) is 22.8 Å². The molecule has 3 N–H and O–H groups in total. The molecule has 0 aliphatic rings. The molecule has 1 aromatic rings. The van der Waals surface area contributed by atoms with Gasteiger partial charge in [0.05, 0.1) is 5.56 Å². The van der Waals surface area contributed by atoms with Gasteiger partial charge >= 0.3 is 18.1 Å². The van der Waals surface area contributed by atoms with E-state index in [1.807, 2.05) is 0 Å². The highest BCUT2D eigenvalue weighted by Crippen LogP contribution is 2.30. The van der Waals surface area contributed by atoms with Crippen LogP contribution in [0.25, 0.3) is 0 Å². The van der Waals surface area contributed by atoms with E-state index < -0.39 is 36.3 Å². The van der Waals surface area contributed by atoms with E-state index in [0.29, 0.717) is 0 Å². The SMILES string of the molecule is CC(C)[C@H](N)C(=O)OC(=O)CNc1cccc(C(F)(F)F)c1. The molecule has 1 aromatic carbocycles. The monoisotopic (exact) mass is 318 g/mol. The first-order chi connectivity index (χ1) is 10.1. The quantitative estimate of drug-likeness (QED) is 0.642. The number of rotatable bonds is 5. The molecule has 0 saturated heterocycles. The van der Waals surface area contributed by atoms with E-state index in [1.54, 1.807) is 13.8 Å². The number of hydrogen-bond acceptors (Lipinski definition) is 5. The standard InChI is InChI=1S/C14H17F3N2O3/c1-8(2)12(18)13(21)22-11(20)7-19-10-5-3-4-9(6-10)14(15,16)17/h3-6,8,12,19H,7,18H2,1-2H3/t12-/m0/s1. The lowest BCUT2D eigenvalue weighted by atomic mass is 10.1. The molecule has 0 amide bonds. The van der Waals surface area contributed by atoms with Crippen molar-refractivity contribution in [3.05, 3.63) is 29.8 Å². The van der Waals surface area contributed by atoms with Crippen molar-refractivity contribution < 1.29 is 27.5 Å². The van der Waals surface area contributed by atoms with Gasteiger partial charge in [0.25, 0.3) is 0 Å². The van der Waals surface area contributed by atoms with Gasteiger partial charge in [0.2, 0.25) is 0 Å². The Hall–Kier alpha value is -2.09. The molecule has 22 heavy (non-hydrogen) atoms. The van der Waals surface area contributed by atoms with Gasteiger partial charge in [-0.2, -0.15) is 13.2 Å². The van der Waals surface area contributed by atoms with E-state index in [4.69, 9.17) is 5.73 Å². The largest absolute Gasteiger partial charge is 0.416 e. The van der Waals surface area contributed by atoms with Gasteiger partial charge in [-0.15, -0.1) is 0 Å². The zero-order valence-electron chi connectivity index (χ0n) is 12.1. The minimum Gasteiger partial charge on any atom is -0.391 e. The first-order valence-electron chi connectivity index (χ1n) is 6.52. The fourth-order valence-corrected chi connectivity index (χ4v) is 1.47. The Bertz CT molecular complexity index is 544.